The molecule has 31 heavy (non-hydrogen) atoms. The van der Waals surface area contributed by atoms with E-state index in [2.05, 4.69) is 15.7 Å². The Hall–Kier alpha value is -2.78. The summed E-state index contributed by atoms with van der Waals surface area (Å²) in [5.41, 5.74) is 0.729. The molecular weight excluding hydrogens is 400 g/mol. The van der Waals surface area contributed by atoms with E-state index in [4.69, 9.17) is 4.42 Å². The predicted octanol–water partition coefficient (Wildman–Crippen LogP) is 1.54. The summed E-state index contributed by atoms with van der Waals surface area (Å²) in [6.45, 7) is 3.61. The molecule has 1 aliphatic carbocycles. The zero-order valence-electron chi connectivity index (χ0n) is 18.1. The van der Waals surface area contributed by atoms with Gasteiger partial charge in [0.15, 0.2) is 0 Å². The minimum Gasteiger partial charge on any atom is -0.384 e. The van der Waals surface area contributed by atoms with Crippen molar-refractivity contribution in [2.75, 3.05) is 0 Å². The second kappa shape index (κ2) is 10.0. The molecule has 0 saturated heterocycles. The molecule has 1 aromatic carbocycles. The van der Waals surface area contributed by atoms with Gasteiger partial charge in [-0.3, -0.25) is 14.9 Å². The summed E-state index contributed by atoms with van der Waals surface area (Å²) in [7, 11) is 1.39. The quantitative estimate of drug-likeness (QED) is 0.428. The summed E-state index contributed by atoms with van der Waals surface area (Å²) >= 11 is 0. The highest BCUT2D eigenvalue weighted by Crippen LogP contribution is 2.27. The fourth-order valence-corrected chi connectivity index (χ4v) is 3.95. The normalized spacial score (nSPS) is 20.9. The zero-order valence-corrected chi connectivity index (χ0v) is 18.1. The molecule has 1 unspecified atom stereocenters. The van der Waals surface area contributed by atoms with E-state index >= 15 is 0 Å². The highest BCUT2D eigenvalue weighted by Gasteiger charge is 2.36. The van der Waals surface area contributed by atoms with Gasteiger partial charge in [0, 0.05) is 13.1 Å². The van der Waals surface area contributed by atoms with Crippen LogP contribution in [0.3, 0.4) is 0 Å². The average Bonchev–Trinajstić information content (AvgIpc) is 3.10. The van der Waals surface area contributed by atoms with Gasteiger partial charge in [0.1, 0.15) is 6.23 Å². The van der Waals surface area contributed by atoms with Crippen molar-refractivity contribution >= 4 is 11.7 Å². The molecule has 1 fully saturated rings. The maximum atomic E-state index is 13.1. The van der Waals surface area contributed by atoms with Gasteiger partial charge >= 0.3 is 5.76 Å². The van der Waals surface area contributed by atoms with Crippen molar-refractivity contribution in [1.82, 2.24) is 20.4 Å². The fourth-order valence-electron chi connectivity index (χ4n) is 3.95. The molecule has 1 saturated carbocycles. The topological polar surface area (TPSA) is 126 Å². The average molecular weight is 431 g/mol. The number of carbonyl (C=O) groups is 2. The van der Waals surface area contributed by atoms with Gasteiger partial charge < -0.3 is 14.8 Å². The third-order valence-electron chi connectivity index (χ3n) is 5.74. The number of aromatic nitrogens is 2. The van der Waals surface area contributed by atoms with Crippen molar-refractivity contribution < 1.29 is 19.1 Å². The maximum absolute atomic E-state index is 13.1. The number of hydrogen-bond acceptors (Lipinski definition) is 7. The molecule has 1 heterocycles. The van der Waals surface area contributed by atoms with Crippen molar-refractivity contribution in [3.8, 4) is 0 Å². The van der Waals surface area contributed by atoms with Crippen molar-refractivity contribution in [3.63, 3.8) is 0 Å². The van der Waals surface area contributed by atoms with Crippen molar-refractivity contribution in [1.29, 1.82) is 0 Å². The van der Waals surface area contributed by atoms with Crippen molar-refractivity contribution in [3.05, 3.63) is 52.3 Å². The van der Waals surface area contributed by atoms with Crippen LogP contribution in [0.4, 0.5) is 0 Å². The van der Waals surface area contributed by atoms with Crippen molar-refractivity contribution in [2.24, 2.45) is 18.9 Å². The lowest BCUT2D eigenvalue weighted by Gasteiger charge is -2.34. The zero-order chi connectivity index (χ0) is 22.5. The van der Waals surface area contributed by atoms with E-state index < -0.39 is 29.7 Å². The van der Waals surface area contributed by atoms with Gasteiger partial charge in [-0.15, -0.1) is 5.10 Å². The third-order valence-corrected chi connectivity index (χ3v) is 5.74. The van der Waals surface area contributed by atoms with Crippen LogP contribution in [0, 0.1) is 11.8 Å². The number of carbonyl (C=O) groups excluding carboxylic acids is 2. The van der Waals surface area contributed by atoms with E-state index in [0.29, 0.717) is 6.42 Å². The van der Waals surface area contributed by atoms with Crippen LogP contribution in [-0.2, 0) is 11.8 Å². The standard InChI is InChI=1S/C22H30N4O5/c1-13(2)17(18(27)21-25-26(3)22(30)31-21)24-20(29)15-11-7-8-12-16(15)23-19(28)14-9-5-4-6-10-14/h4-6,9-10,13,15-17,19,23,28H,7-8,11-12H2,1-3H3,(H,24,29)/t15-,16+,17+,19?/m1/s1. The Labute approximate surface area is 180 Å². The van der Waals surface area contributed by atoms with Gasteiger partial charge in [-0.1, -0.05) is 57.0 Å². The van der Waals surface area contributed by atoms with Crippen LogP contribution in [0.25, 0.3) is 0 Å². The van der Waals surface area contributed by atoms with Crippen LogP contribution < -0.4 is 16.4 Å². The second-order valence-corrected chi connectivity index (χ2v) is 8.37. The van der Waals surface area contributed by atoms with Gasteiger partial charge in [0.25, 0.3) is 5.89 Å². The molecule has 3 rings (SSSR count). The molecule has 0 aliphatic heterocycles. The summed E-state index contributed by atoms with van der Waals surface area (Å²) in [6, 6.07) is 8.12. The number of aryl methyl sites for hydroxylation is 1. The van der Waals surface area contributed by atoms with Gasteiger partial charge in [-0.05, 0) is 24.3 Å². The Balaban J connectivity index is 1.71. The fraction of sp³-hybridized carbons (Fsp3) is 0.545. The molecule has 168 valence electrons. The molecule has 1 aromatic heterocycles. The Morgan fingerprint density at radius 2 is 1.87 bits per heavy atom. The number of nitrogens with one attached hydrogen (secondary N) is 2. The van der Waals surface area contributed by atoms with E-state index in [1.807, 2.05) is 30.3 Å². The molecule has 4 atom stereocenters. The first kappa shape index (κ1) is 22.9. The molecule has 1 amide bonds. The first-order chi connectivity index (χ1) is 14.8. The molecule has 2 aromatic rings. The summed E-state index contributed by atoms with van der Waals surface area (Å²) in [5.74, 6) is -2.47. The number of aliphatic hydroxyl groups is 1. The van der Waals surface area contributed by atoms with Crippen LogP contribution in [-0.4, -0.2) is 38.7 Å². The maximum Gasteiger partial charge on any atom is 0.437 e. The van der Waals surface area contributed by atoms with Crippen LogP contribution in [0.2, 0.25) is 0 Å². The van der Waals surface area contributed by atoms with Crippen LogP contribution in [0.1, 0.15) is 62.0 Å². The van der Waals surface area contributed by atoms with Gasteiger partial charge in [-0.2, -0.15) is 4.68 Å². The van der Waals surface area contributed by atoms with Gasteiger partial charge in [-0.25, -0.2) is 4.79 Å². The summed E-state index contributed by atoms with van der Waals surface area (Å²) in [5, 5.41) is 20.4. The number of amides is 1. The lowest BCUT2D eigenvalue weighted by atomic mass is 9.83. The number of Topliss-reactive ketones (excluding diaryl/α,β-unsaturated/α-hetero) is 1. The molecule has 0 spiro atoms. The number of hydrogen-bond donors (Lipinski definition) is 3. The summed E-state index contributed by atoms with van der Waals surface area (Å²) < 4.78 is 5.85. The highest BCUT2D eigenvalue weighted by molar-refractivity contribution is 5.98. The largest absolute Gasteiger partial charge is 0.437 e. The second-order valence-electron chi connectivity index (χ2n) is 8.37. The first-order valence-corrected chi connectivity index (χ1v) is 10.7. The Morgan fingerprint density at radius 1 is 1.19 bits per heavy atom. The Morgan fingerprint density at radius 3 is 2.48 bits per heavy atom. The number of ketones is 1. The van der Waals surface area contributed by atoms with E-state index in [0.717, 1.165) is 29.5 Å². The Bertz CT molecular complexity index is 952. The van der Waals surface area contributed by atoms with E-state index in [1.54, 1.807) is 13.8 Å². The minimum absolute atomic E-state index is 0.223. The highest BCUT2D eigenvalue weighted by atomic mass is 16.4. The lowest BCUT2D eigenvalue weighted by Crippen LogP contribution is -2.52. The first-order valence-electron chi connectivity index (χ1n) is 10.7. The van der Waals surface area contributed by atoms with Crippen LogP contribution in [0.5, 0.6) is 0 Å². The molecule has 9 heteroatoms. The molecule has 0 bridgehead atoms. The summed E-state index contributed by atoms with van der Waals surface area (Å²) in [6.07, 6.45) is 2.37. The number of rotatable bonds is 8. The molecule has 1 aliphatic rings. The SMILES string of the molecule is CC(C)[C@H](NC(=O)[C@@H]1CCCC[C@@H]1NC(O)c1ccccc1)C(=O)c1nn(C)c(=O)o1. The van der Waals surface area contributed by atoms with Crippen LogP contribution in [0.15, 0.2) is 39.5 Å². The predicted molar refractivity (Wildman–Crippen MR) is 113 cm³/mol. The third kappa shape index (κ3) is 5.48. The number of benzene rings is 1. The lowest BCUT2D eigenvalue weighted by molar-refractivity contribution is -0.128. The van der Waals surface area contributed by atoms with Gasteiger partial charge in [0.05, 0.1) is 12.0 Å². The monoisotopic (exact) mass is 430 g/mol. The molecule has 3 N–H and O–H groups in total. The molecule has 0 radical (unpaired) electrons. The summed E-state index contributed by atoms with van der Waals surface area (Å²) in [4.78, 5) is 37.5. The van der Waals surface area contributed by atoms with E-state index in [-0.39, 0.29) is 23.8 Å². The van der Waals surface area contributed by atoms with Gasteiger partial charge in [0.2, 0.25) is 11.7 Å². The van der Waals surface area contributed by atoms with E-state index in [9.17, 15) is 19.5 Å². The van der Waals surface area contributed by atoms with Crippen molar-refractivity contribution in [2.45, 2.75) is 57.8 Å². The van der Waals surface area contributed by atoms with Crippen LogP contribution >= 0.6 is 0 Å². The number of nitrogens with zero attached hydrogens (tertiary/aromatic N) is 2. The molecule has 9 nitrogen and oxygen atoms in total. The minimum atomic E-state index is -0.884. The molecular formula is C22H30N4O5. The van der Waals surface area contributed by atoms with E-state index in [1.165, 1.54) is 7.05 Å². The smallest absolute Gasteiger partial charge is 0.384 e. The Kier molecular flexibility index (Phi) is 7.40. The number of aliphatic hydroxyl groups excluding tert-OH is 1.